The SMILES string of the molecule is CNC1CCCN(C(=O)C(NC(=O)CC(C)C)C(C)C)C1.Cl. The van der Waals surface area contributed by atoms with E-state index in [1.54, 1.807) is 0 Å². The smallest absolute Gasteiger partial charge is 0.245 e. The van der Waals surface area contributed by atoms with Gasteiger partial charge in [-0.25, -0.2) is 0 Å². The molecule has 22 heavy (non-hydrogen) atoms. The fraction of sp³-hybridized carbons (Fsp3) is 0.875. The molecule has 0 aromatic heterocycles. The topological polar surface area (TPSA) is 61.4 Å². The Morgan fingerprint density at radius 1 is 1.23 bits per heavy atom. The first-order valence-electron chi connectivity index (χ1n) is 8.10. The van der Waals surface area contributed by atoms with Gasteiger partial charge in [0, 0.05) is 25.6 Å². The summed E-state index contributed by atoms with van der Waals surface area (Å²) in [5, 5.41) is 6.17. The second kappa shape index (κ2) is 10.1. The van der Waals surface area contributed by atoms with Crippen LogP contribution >= 0.6 is 12.4 Å². The molecule has 0 saturated carbocycles. The number of carbonyl (C=O) groups excluding carboxylic acids is 2. The van der Waals surface area contributed by atoms with Crippen LogP contribution < -0.4 is 10.6 Å². The number of likely N-dealkylation sites (N-methyl/N-ethyl adjacent to an activating group) is 1. The van der Waals surface area contributed by atoms with E-state index in [0.717, 1.165) is 25.9 Å². The summed E-state index contributed by atoms with van der Waals surface area (Å²) in [6.07, 6.45) is 2.59. The fourth-order valence-electron chi connectivity index (χ4n) is 2.73. The number of hydrogen-bond donors (Lipinski definition) is 2. The van der Waals surface area contributed by atoms with Gasteiger partial charge in [0.2, 0.25) is 11.8 Å². The van der Waals surface area contributed by atoms with E-state index in [2.05, 4.69) is 10.6 Å². The van der Waals surface area contributed by atoms with Gasteiger partial charge in [0.1, 0.15) is 6.04 Å². The van der Waals surface area contributed by atoms with E-state index in [9.17, 15) is 9.59 Å². The van der Waals surface area contributed by atoms with Crippen LogP contribution in [-0.2, 0) is 9.59 Å². The number of amides is 2. The number of piperidine rings is 1. The monoisotopic (exact) mass is 333 g/mol. The first-order chi connectivity index (χ1) is 9.85. The number of nitrogens with zero attached hydrogens (tertiary/aromatic N) is 1. The van der Waals surface area contributed by atoms with Crippen molar-refractivity contribution in [1.29, 1.82) is 0 Å². The minimum atomic E-state index is -0.410. The number of likely N-dealkylation sites (tertiary alicyclic amines) is 1. The molecule has 2 unspecified atom stereocenters. The van der Waals surface area contributed by atoms with Crippen molar-refractivity contribution in [2.45, 2.75) is 59.0 Å². The van der Waals surface area contributed by atoms with Gasteiger partial charge in [-0.15, -0.1) is 12.4 Å². The summed E-state index contributed by atoms with van der Waals surface area (Å²) in [6, 6.07) is -0.0475. The Morgan fingerprint density at radius 3 is 2.36 bits per heavy atom. The molecule has 1 aliphatic heterocycles. The molecule has 0 aliphatic carbocycles. The van der Waals surface area contributed by atoms with Gasteiger partial charge >= 0.3 is 0 Å². The molecule has 0 aromatic carbocycles. The number of nitrogens with one attached hydrogen (secondary N) is 2. The largest absolute Gasteiger partial charge is 0.344 e. The molecule has 1 aliphatic rings. The minimum absolute atomic E-state index is 0. The summed E-state index contributed by atoms with van der Waals surface area (Å²) in [4.78, 5) is 26.6. The van der Waals surface area contributed by atoms with Crippen molar-refractivity contribution in [3.8, 4) is 0 Å². The van der Waals surface area contributed by atoms with Gasteiger partial charge in [-0.2, -0.15) is 0 Å². The molecule has 5 nitrogen and oxygen atoms in total. The lowest BCUT2D eigenvalue weighted by molar-refractivity contribution is -0.139. The molecule has 1 saturated heterocycles. The van der Waals surface area contributed by atoms with Crippen LogP contribution in [0.25, 0.3) is 0 Å². The van der Waals surface area contributed by atoms with Crippen molar-refractivity contribution in [1.82, 2.24) is 15.5 Å². The van der Waals surface area contributed by atoms with Crippen molar-refractivity contribution in [3.63, 3.8) is 0 Å². The molecule has 1 rings (SSSR count). The minimum Gasteiger partial charge on any atom is -0.344 e. The lowest BCUT2D eigenvalue weighted by Crippen LogP contribution is -2.55. The van der Waals surface area contributed by atoms with Gasteiger partial charge in [0.15, 0.2) is 0 Å². The van der Waals surface area contributed by atoms with E-state index < -0.39 is 6.04 Å². The third kappa shape index (κ3) is 6.53. The molecular formula is C16H32ClN3O2. The molecular weight excluding hydrogens is 302 g/mol. The number of hydrogen-bond acceptors (Lipinski definition) is 3. The highest BCUT2D eigenvalue weighted by Gasteiger charge is 2.31. The second-order valence-electron chi connectivity index (χ2n) is 6.80. The Morgan fingerprint density at radius 2 is 1.86 bits per heavy atom. The highest BCUT2D eigenvalue weighted by Crippen LogP contribution is 2.14. The number of rotatable bonds is 6. The van der Waals surface area contributed by atoms with Crippen molar-refractivity contribution in [2.75, 3.05) is 20.1 Å². The molecule has 130 valence electrons. The summed E-state index contributed by atoms with van der Waals surface area (Å²) in [6.45, 7) is 9.51. The summed E-state index contributed by atoms with van der Waals surface area (Å²) < 4.78 is 0. The second-order valence-corrected chi connectivity index (χ2v) is 6.80. The zero-order chi connectivity index (χ0) is 16.0. The molecule has 1 heterocycles. The number of carbonyl (C=O) groups is 2. The summed E-state index contributed by atoms with van der Waals surface area (Å²) >= 11 is 0. The maximum Gasteiger partial charge on any atom is 0.245 e. The van der Waals surface area contributed by atoms with Crippen molar-refractivity contribution < 1.29 is 9.59 Å². The van der Waals surface area contributed by atoms with Crippen LogP contribution in [0.15, 0.2) is 0 Å². The fourth-order valence-corrected chi connectivity index (χ4v) is 2.73. The molecule has 0 bridgehead atoms. The summed E-state index contributed by atoms with van der Waals surface area (Å²) in [5.41, 5.74) is 0. The Hall–Kier alpha value is -0.810. The van der Waals surface area contributed by atoms with Gasteiger partial charge < -0.3 is 15.5 Å². The van der Waals surface area contributed by atoms with E-state index in [1.165, 1.54) is 0 Å². The van der Waals surface area contributed by atoms with Crippen LogP contribution in [-0.4, -0.2) is 48.9 Å². The van der Waals surface area contributed by atoms with Crippen LogP contribution in [0.5, 0.6) is 0 Å². The highest BCUT2D eigenvalue weighted by atomic mass is 35.5. The van der Waals surface area contributed by atoms with Crippen molar-refractivity contribution in [3.05, 3.63) is 0 Å². The molecule has 1 fully saturated rings. The Kier molecular flexibility index (Phi) is 9.69. The van der Waals surface area contributed by atoms with Gasteiger partial charge in [0.25, 0.3) is 0 Å². The quantitative estimate of drug-likeness (QED) is 0.779. The van der Waals surface area contributed by atoms with Gasteiger partial charge in [0.05, 0.1) is 0 Å². The van der Waals surface area contributed by atoms with Crippen LogP contribution in [0, 0.1) is 11.8 Å². The first-order valence-corrected chi connectivity index (χ1v) is 8.10. The molecule has 6 heteroatoms. The van der Waals surface area contributed by atoms with Gasteiger partial charge in [-0.05, 0) is 31.7 Å². The third-order valence-corrected chi connectivity index (χ3v) is 3.98. The summed E-state index contributed by atoms with van der Waals surface area (Å²) in [7, 11) is 1.93. The van der Waals surface area contributed by atoms with Crippen LogP contribution in [0.2, 0.25) is 0 Å². The van der Waals surface area contributed by atoms with E-state index in [1.807, 2.05) is 39.6 Å². The average Bonchev–Trinajstić information content (AvgIpc) is 2.43. The Labute approximate surface area is 141 Å². The first kappa shape index (κ1) is 21.2. The van der Waals surface area contributed by atoms with E-state index >= 15 is 0 Å². The lowest BCUT2D eigenvalue weighted by Gasteiger charge is -2.36. The zero-order valence-corrected chi connectivity index (χ0v) is 15.3. The number of halogens is 1. The van der Waals surface area contributed by atoms with E-state index in [4.69, 9.17) is 0 Å². The maximum absolute atomic E-state index is 12.7. The van der Waals surface area contributed by atoms with Crippen LogP contribution in [0.3, 0.4) is 0 Å². The molecule has 2 amide bonds. The standard InChI is InChI=1S/C16H31N3O2.ClH/c1-11(2)9-14(20)18-15(12(3)4)16(21)19-8-6-7-13(10-19)17-5;/h11-13,15,17H,6-10H2,1-5H3,(H,18,20);1H. The molecule has 2 atom stereocenters. The lowest BCUT2D eigenvalue weighted by atomic mass is 9.99. The van der Waals surface area contributed by atoms with Crippen molar-refractivity contribution in [2.24, 2.45) is 11.8 Å². The molecule has 0 spiro atoms. The highest BCUT2D eigenvalue weighted by molar-refractivity contribution is 5.88. The maximum atomic E-state index is 12.7. The predicted octanol–water partition coefficient (Wildman–Crippen LogP) is 1.81. The zero-order valence-electron chi connectivity index (χ0n) is 14.5. The van der Waals surface area contributed by atoms with Gasteiger partial charge in [-0.1, -0.05) is 27.7 Å². The molecule has 0 radical (unpaired) electrons. The van der Waals surface area contributed by atoms with E-state index in [0.29, 0.717) is 18.4 Å². The Balaban J connectivity index is 0.00000441. The molecule has 0 aromatic rings. The normalized spacial score (nSPS) is 19.8. The molecule has 2 N–H and O–H groups in total. The van der Waals surface area contributed by atoms with Crippen molar-refractivity contribution >= 4 is 24.2 Å². The van der Waals surface area contributed by atoms with E-state index in [-0.39, 0.29) is 30.1 Å². The predicted molar refractivity (Wildman–Crippen MR) is 92.1 cm³/mol. The van der Waals surface area contributed by atoms with Gasteiger partial charge in [-0.3, -0.25) is 9.59 Å². The Bertz CT molecular complexity index is 361. The van der Waals surface area contributed by atoms with Crippen LogP contribution in [0.4, 0.5) is 0 Å². The average molecular weight is 334 g/mol. The third-order valence-electron chi connectivity index (χ3n) is 3.98. The van der Waals surface area contributed by atoms with Crippen LogP contribution in [0.1, 0.15) is 47.0 Å². The summed E-state index contributed by atoms with van der Waals surface area (Å²) in [5.74, 6) is 0.432.